The Balaban J connectivity index is 1.52. The number of aromatic nitrogens is 2. The minimum Gasteiger partial charge on any atom is -0.379 e. The molecule has 0 spiro atoms. The molecule has 130 valence electrons. The molecule has 4 rings (SSSR count). The van der Waals surface area contributed by atoms with Gasteiger partial charge in [-0.1, -0.05) is 6.07 Å². The standard InChI is InChI=1S/C17H18N4O2S2/c22-15(13-2-1-10-24-13)14-16-12(3-11-25-16)19-17(20-14)18-4-5-21-6-8-23-9-7-21/h1-3,10-11H,4-9H2,(H,18,19,20). The highest BCUT2D eigenvalue weighted by molar-refractivity contribution is 7.17. The lowest BCUT2D eigenvalue weighted by Crippen LogP contribution is -2.39. The van der Waals surface area contributed by atoms with E-state index in [4.69, 9.17) is 4.74 Å². The van der Waals surface area contributed by atoms with Crippen LogP contribution in [0.4, 0.5) is 5.95 Å². The Morgan fingerprint density at radius 3 is 2.88 bits per heavy atom. The molecule has 3 aromatic rings. The predicted octanol–water partition coefficient (Wildman–Crippen LogP) is 2.73. The zero-order valence-electron chi connectivity index (χ0n) is 13.6. The molecule has 0 unspecified atom stereocenters. The summed E-state index contributed by atoms with van der Waals surface area (Å²) in [4.78, 5) is 24.9. The summed E-state index contributed by atoms with van der Waals surface area (Å²) in [5.41, 5.74) is 1.30. The van der Waals surface area contributed by atoms with Crippen LogP contribution in [0, 0.1) is 0 Å². The van der Waals surface area contributed by atoms with Crippen molar-refractivity contribution in [2.75, 3.05) is 44.7 Å². The summed E-state index contributed by atoms with van der Waals surface area (Å²) in [5, 5.41) is 7.12. The van der Waals surface area contributed by atoms with Gasteiger partial charge in [0.25, 0.3) is 0 Å². The number of rotatable bonds is 6. The van der Waals surface area contributed by atoms with Crippen LogP contribution in [0.15, 0.2) is 29.0 Å². The Labute approximate surface area is 153 Å². The molecule has 6 nitrogen and oxygen atoms in total. The van der Waals surface area contributed by atoms with Gasteiger partial charge in [-0.15, -0.1) is 22.7 Å². The van der Waals surface area contributed by atoms with Gasteiger partial charge in [0.15, 0.2) is 0 Å². The Morgan fingerprint density at radius 2 is 2.08 bits per heavy atom. The maximum absolute atomic E-state index is 12.8. The van der Waals surface area contributed by atoms with E-state index in [0.717, 1.165) is 49.6 Å². The Kier molecular flexibility index (Phi) is 5.02. The van der Waals surface area contributed by atoms with Gasteiger partial charge in [-0.3, -0.25) is 9.69 Å². The van der Waals surface area contributed by atoms with Crippen molar-refractivity contribution >= 4 is 44.6 Å². The third-order valence-electron chi connectivity index (χ3n) is 4.08. The molecular weight excluding hydrogens is 356 g/mol. The number of carbonyl (C=O) groups is 1. The number of fused-ring (bicyclic) bond motifs is 1. The van der Waals surface area contributed by atoms with Crippen LogP contribution in [0.1, 0.15) is 15.4 Å². The number of ether oxygens (including phenoxy) is 1. The molecule has 0 atom stereocenters. The average molecular weight is 374 g/mol. The second kappa shape index (κ2) is 7.57. The van der Waals surface area contributed by atoms with Crippen molar-refractivity contribution in [3.05, 3.63) is 39.5 Å². The van der Waals surface area contributed by atoms with Crippen molar-refractivity contribution in [3.63, 3.8) is 0 Å². The predicted molar refractivity (Wildman–Crippen MR) is 101 cm³/mol. The molecule has 0 bridgehead atoms. The van der Waals surface area contributed by atoms with Gasteiger partial charge in [0, 0.05) is 26.2 Å². The number of nitrogens with one attached hydrogen (secondary N) is 1. The smallest absolute Gasteiger partial charge is 0.224 e. The first kappa shape index (κ1) is 16.6. The molecule has 1 saturated heterocycles. The molecule has 1 fully saturated rings. The number of thiophene rings is 2. The second-order valence-electron chi connectivity index (χ2n) is 5.72. The summed E-state index contributed by atoms with van der Waals surface area (Å²) in [6.07, 6.45) is 0. The van der Waals surface area contributed by atoms with Crippen LogP contribution < -0.4 is 5.32 Å². The summed E-state index contributed by atoms with van der Waals surface area (Å²) in [5.74, 6) is 0.472. The van der Waals surface area contributed by atoms with E-state index in [1.165, 1.54) is 22.7 Å². The molecule has 1 aliphatic rings. The number of hydrogen-bond acceptors (Lipinski definition) is 8. The van der Waals surface area contributed by atoms with Gasteiger partial charge in [-0.25, -0.2) is 9.97 Å². The van der Waals surface area contributed by atoms with E-state index in [9.17, 15) is 4.79 Å². The third-order valence-corrected chi connectivity index (χ3v) is 5.86. The maximum Gasteiger partial charge on any atom is 0.224 e. The molecule has 3 aromatic heterocycles. The van der Waals surface area contributed by atoms with Crippen LogP contribution in [-0.2, 0) is 4.74 Å². The Morgan fingerprint density at radius 1 is 1.20 bits per heavy atom. The zero-order valence-corrected chi connectivity index (χ0v) is 15.2. The fourth-order valence-electron chi connectivity index (χ4n) is 2.77. The van der Waals surface area contributed by atoms with E-state index >= 15 is 0 Å². The summed E-state index contributed by atoms with van der Waals surface area (Å²) in [6, 6.07) is 5.65. The van der Waals surface area contributed by atoms with Crippen LogP contribution in [-0.4, -0.2) is 60.0 Å². The molecule has 0 aliphatic carbocycles. The fraction of sp³-hybridized carbons (Fsp3) is 0.353. The van der Waals surface area contributed by atoms with Gasteiger partial charge >= 0.3 is 0 Å². The number of nitrogens with zero attached hydrogens (tertiary/aromatic N) is 3. The third kappa shape index (κ3) is 3.72. The van der Waals surface area contributed by atoms with Crippen LogP contribution in [0.5, 0.6) is 0 Å². The van der Waals surface area contributed by atoms with E-state index < -0.39 is 0 Å². The minimum atomic E-state index is -0.0407. The Hall–Kier alpha value is -1.87. The van der Waals surface area contributed by atoms with E-state index in [-0.39, 0.29) is 5.78 Å². The van der Waals surface area contributed by atoms with Crippen molar-refractivity contribution in [3.8, 4) is 0 Å². The lowest BCUT2D eigenvalue weighted by molar-refractivity contribution is 0.0398. The van der Waals surface area contributed by atoms with E-state index in [0.29, 0.717) is 16.5 Å². The molecule has 1 aliphatic heterocycles. The van der Waals surface area contributed by atoms with Crippen molar-refractivity contribution in [1.82, 2.24) is 14.9 Å². The summed E-state index contributed by atoms with van der Waals surface area (Å²) in [7, 11) is 0. The molecule has 25 heavy (non-hydrogen) atoms. The van der Waals surface area contributed by atoms with Crippen LogP contribution >= 0.6 is 22.7 Å². The number of anilines is 1. The van der Waals surface area contributed by atoms with Crippen LogP contribution in [0.3, 0.4) is 0 Å². The minimum absolute atomic E-state index is 0.0407. The molecule has 0 radical (unpaired) electrons. The zero-order chi connectivity index (χ0) is 17.1. The van der Waals surface area contributed by atoms with Crippen molar-refractivity contribution in [2.45, 2.75) is 0 Å². The summed E-state index contributed by atoms with van der Waals surface area (Å²) >= 11 is 2.94. The molecule has 0 amide bonds. The Bertz CT molecular complexity index is 857. The van der Waals surface area contributed by atoms with Crippen molar-refractivity contribution in [1.29, 1.82) is 0 Å². The summed E-state index contributed by atoms with van der Waals surface area (Å²) in [6.45, 7) is 5.13. The molecular formula is C17H18N4O2S2. The molecule has 0 saturated carbocycles. The van der Waals surface area contributed by atoms with Crippen molar-refractivity contribution in [2.24, 2.45) is 0 Å². The van der Waals surface area contributed by atoms with Gasteiger partial charge in [-0.2, -0.15) is 0 Å². The first-order chi connectivity index (χ1) is 12.3. The van der Waals surface area contributed by atoms with Crippen molar-refractivity contribution < 1.29 is 9.53 Å². The molecule has 4 heterocycles. The van der Waals surface area contributed by atoms with Gasteiger partial charge < -0.3 is 10.1 Å². The monoisotopic (exact) mass is 374 g/mol. The van der Waals surface area contributed by atoms with E-state index in [2.05, 4.69) is 20.2 Å². The highest BCUT2D eigenvalue weighted by Gasteiger charge is 2.18. The largest absolute Gasteiger partial charge is 0.379 e. The average Bonchev–Trinajstić information content (AvgIpc) is 3.33. The van der Waals surface area contributed by atoms with Gasteiger partial charge in [-0.05, 0) is 22.9 Å². The maximum atomic E-state index is 12.8. The number of carbonyl (C=O) groups excluding carboxylic acids is 1. The van der Waals surface area contributed by atoms with Crippen LogP contribution in [0.25, 0.3) is 10.2 Å². The number of hydrogen-bond donors (Lipinski definition) is 1. The first-order valence-corrected chi connectivity index (χ1v) is 9.94. The summed E-state index contributed by atoms with van der Waals surface area (Å²) < 4.78 is 6.20. The number of ketones is 1. The lowest BCUT2D eigenvalue weighted by atomic mass is 10.2. The topological polar surface area (TPSA) is 67.4 Å². The SMILES string of the molecule is O=C(c1cccs1)c1nc(NCCN2CCOCC2)nc2ccsc12. The lowest BCUT2D eigenvalue weighted by Gasteiger charge is -2.26. The highest BCUT2D eigenvalue weighted by Crippen LogP contribution is 2.26. The van der Waals surface area contributed by atoms with Gasteiger partial charge in [0.1, 0.15) is 5.69 Å². The van der Waals surface area contributed by atoms with E-state index in [1.54, 1.807) is 0 Å². The quantitative estimate of drug-likeness (QED) is 0.669. The second-order valence-corrected chi connectivity index (χ2v) is 7.58. The molecule has 1 N–H and O–H groups in total. The fourth-order valence-corrected chi connectivity index (χ4v) is 4.25. The normalized spacial score (nSPS) is 15.5. The molecule has 0 aromatic carbocycles. The van der Waals surface area contributed by atoms with Crippen LogP contribution in [0.2, 0.25) is 0 Å². The number of morpholine rings is 1. The first-order valence-electron chi connectivity index (χ1n) is 8.19. The van der Waals surface area contributed by atoms with Gasteiger partial charge in [0.2, 0.25) is 11.7 Å². The van der Waals surface area contributed by atoms with Gasteiger partial charge in [0.05, 0.1) is 28.3 Å². The highest BCUT2D eigenvalue weighted by atomic mass is 32.1. The molecule has 8 heteroatoms. The van der Waals surface area contributed by atoms with E-state index in [1.807, 2.05) is 29.0 Å².